The second-order valence-electron chi connectivity index (χ2n) is 7.24. The van der Waals surface area contributed by atoms with Gasteiger partial charge in [0, 0.05) is 17.8 Å². The molecule has 3 nitrogen and oxygen atoms in total. The zero-order valence-electron chi connectivity index (χ0n) is 15.2. The molecule has 0 bridgehead atoms. The highest BCUT2D eigenvalue weighted by Crippen LogP contribution is 2.39. The third-order valence-corrected chi connectivity index (χ3v) is 10.2. The van der Waals surface area contributed by atoms with Crippen LogP contribution in [-0.4, -0.2) is 18.3 Å². The molecule has 3 aromatic rings. The maximum atomic E-state index is 12.1. The smallest absolute Gasteiger partial charge is 0.258 e. The first-order chi connectivity index (χ1) is 12.5. The van der Waals surface area contributed by atoms with Crippen molar-refractivity contribution in [3.05, 3.63) is 78.2 Å². The van der Waals surface area contributed by atoms with Gasteiger partial charge < -0.3 is 9.32 Å². The molecule has 1 N–H and O–H groups in total. The van der Waals surface area contributed by atoms with Gasteiger partial charge in [0.2, 0.25) is 0 Å². The van der Waals surface area contributed by atoms with Gasteiger partial charge in [-0.2, -0.15) is 0 Å². The van der Waals surface area contributed by atoms with Crippen molar-refractivity contribution in [2.24, 2.45) is 0 Å². The lowest BCUT2D eigenvalue weighted by Crippen LogP contribution is -2.65. The fraction of sp³-hybridized carbons (Fsp3) is 0.286. The fourth-order valence-corrected chi connectivity index (χ4v) is 7.46. The Bertz CT molecular complexity index is 794. The van der Waals surface area contributed by atoms with Gasteiger partial charge in [-0.05, 0) is 21.8 Å². The van der Waals surface area contributed by atoms with Gasteiger partial charge in [-0.15, -0.1) is 0 Å². The number of halogens is 1. The summed E-state index contributed by atoms with van der Waals surface area (Å²) in [5, 5.41) is 6.52. The van der Waals surface area contributed by atoms with Crippen LogP contribution in [0, 0.1) is 0 Å². The summed E-state index contributed by atoms with van der Waals surface area (Å²) in [6.45, 7) is 4.34. The van der Waals surface area contributed by atoms with Crippen molar-refractivity contribution in [3.63, 3.8) is 0 Å². The van der Waals surface area contributed by atoms with Crippen LogP contribution in [-0.2, 0) is 11.8 Å². The molecule has 0 atom stereocenters. The molecule has 5 heteroatoms. The Morgan fingerprint density at radius 3 is 2.00 bits per heavy atom. The Kier molecular flexibility index (Phi) is 5.80. The molecule has 136 valence electrons. The lowest BCUT2D eigenvalue weighted by molar-refractivity contribution is 0.366. The first kappa shape index (κ1) is 19.1. The average molecular weight is 430 g/mol. The monoisotopic (exact) mass is 429 g/mol. The van der Waals surface area contributed by atoms with Gasteiger partial charge in [0.1, 0.15) is 5.76 Å². The zero-order valence-corrected chi connectivity index (χ0v) is 17.7. The summed E-state index contributed by atoms with van der Waals surface area (Å²) in [5.74, 6) is 0.866. The number of rotatable bonds is 7. The summed E-state index contributed by atoms with van der Waals surface area (Å²) in [6, 6.07) is 22.2. The van der Waals surface area contributed by atoms with E-state index in [1.165, 1.54) is 0 Å². The summed E-state index contributed by atoms with van der Waals surface area (Å²) >= 11 is 3.40. The van der Waals surface area contributed by atoms with E-state index in [1.54, 1.807) is 0 Å². The molecule has 0 spiro atoms. The number of aromatic nitrogens is 1. The van der Waals surface area contributed by atoms with E-state index in [0.29, 0.717) is 5.33 Å². The number of benzene rings is 2. The largest absolute Gasteiger partial charge is 0.424 e. The van der Waals surface area contributed by atoms with Crippen molar-refractivity contribution in [2.45, 2.75) is 37.1 Å². The summed E-state index contributed by atoms with van der Waals surface area (Å²) in [4.78, 5) is 12.1. The Labute approximate surface area is 164 Å². The van der Waals surface area contributed by atoms with Crippen LogP contribution in [0.25, 0.3) is 0 Å². The van der Waals surface area contributed by atoms with Crippen LogP contribution in [0.4, 0.5) is 0 Å². The van der Waals surface area contributed by atoms with Gasteiger partial charge in [0.05, 0.1) is 5.69 Å². The van der Waals surface area contributed by atoms with Gasteiger partial charge in [-0.3, -0.25) is 0 Å². The van der Waals surface area contributed by atoms with Crippen molar-refractivity contribution in [2.75, 3.05) is 0 Å². The summed E-state index contributed by atoms with van der Waals surface area (Å²) < 4.78 is 5.43. The fourth-order valence-electron chi connectivity index (χ4n) is 3.46. The van der Waals surface area contributed by atoms with Crippen molar-refractivity contribution < 1.29 is 9.32 Å². The number of hydrogen-bond acceptors (Lipinski definition) is 3. The molecule has 26 heavy (non-hydrogen) atoms. The second kappa shape index (κ2) is 7.90. The SMILES string of the molecule is CC(C)(CCc1cc(CBr)no1)[Si](O)(c1ccccc1)c1ccccc1. The Morgan fingerprint density at radius 2 is 1.54 bits per heavy atom. The molecular formula is C21H24BrNO2Si. The minimum absolute atomic E-state index is 0.281. The third-order valence-electron chi connectivity index (χ3n) is 5.10. The molecule has 2 aromatic carbocycles. The highest BCUT2D eigenvalue weighted by molar-refractivity contribution is 9.08. The van der Waals surface area contributed by atoms with Gasteiger partial charge in [-0.25, -0.2) is 0 Å². The summed E-state index contributed by atoms with van der Waals surface area (Å²) in [7, 11) is -2.96. The highest BCUT2D eigenvalue weighted by Gasteiger charge is 2.49. The lowest BCUT2D eigenvalue weighted by atomic mass is 10.1. The molecule has 0 amide bonds. The van der Waals surface area contributed by atoms with E-state index < -0.39 is 8.32 Å². The lowest BCUT2D eigenvalue weighted by Gasteiger charge is -2.41. The maximum absolute atomic E-state index is 12.1. The van der Waals surface area contributed by atoms with Crippen molar-refractivity contribution in [3.8, 4) is 0 Å². The van der Waals surface area contributed by atoms with Crippen LogP contribution >= 0.6 is 15.9 Å². The maximum Gasteiger partial charge on any atom is 0.258 e. The molecule has 0 saturated heterocycles. The van der Waals surface area contributed by atoms with Crippen molar-refractivity contribution >= 4 is 34.6 Å². The van der Waals surface area contributed by atoms with Crippen LogP contribution in [0.3, 0.4) is 0 Å². The normalized spacial score (nSPS) is 12.3. The number of nitrogens with zero attached hydrogens (tertiary/aromatic N) is 1. The van der Waals surface area contributed by atoms with Crippen LogP contribution in [0.15, 0.2) is 71.3 Å². The molecule has 0 aliphatic rings. The highest BCUT2D eigenvalue weighted by atomic mass is 79.9. The Balaban J connectivity index is 1.95. The predicted octanol–water partition coefficient (Wildman–Crippen LogP) is 4.03. The third kappa shape index (κ3) is 3.70. The molecule has 0 aliphatic heterocycles. The second-order valence-corrected chi connectivity index (χ2v) is 11.7. The van der Waals surface area contributed by atoms with Crippen molar-refractivity contribution in [1.82, 2.24) is 5.16 Å². The topological polar surface area (TPSA) is 46.3 Å². The van der Waals surface area contributed by atoms with E-state index in [2.05, 4.69) is 59.2 Å². The van der Waals surface area contributed by atoms with E-state index in [1.807, 2.05) is 42.5 Å². The van der Waals surface area contributed by atoms with Crippen molar-refractivity contribution in [1.29, 1.82) is 0 Å². The van der Waals surface area contributed by atoms with E-state index in [4.69, 9.17) is 4.52 Å². The minimum Gasteiger partial charge on any atom is -0.424 e. The Morgan fingerprint density at radius 1 is 1.00 bits per heavy atom. The first-order valence-electron chi connectivity index (χ1n) is 8.81. The van der Waals surface area contributed by atoms with Crippen LogP contribution in [0.5, 0.6) is 0 Å². The molecule has 0 unspecified atom stereocenters. The summed E-state index contributed by atoms with van der Waals surface area (Å²) in [6.07, 6.45) is 1.57. The molecule has 0 fully saturated rings. The molecule has 0 saturated carbocycles. The van der Waals surface area contributed by atoms with Gasteiger partial charge in [0.15, 0.2) is 0 Å². The average Bonchev–Trinajstić information content (AvgIpc) is 3.15. The molecule has 3 rings (SSSR count). The van der Waals surface area contributed by atoms with Gasteiger partial charge in [-0.1, -0.05) is 95.6 Å². The van der Waals surface area contributed by atoms with Crippen LogP contribution in [0.1, 0.15) is 31.7 Å². The van der Waals surface area contributed by atoms with Gasteiger partial charge >= 0.3 is 0 Å². The zero-order chi connectivity index (χ0) is 18.6. The molecule has 0 aliphatic carbocycles. The Hall–Kier alpha value is -1.69. The first-order valence-corrected chi connectivity index (χ1v) is 11.9. The standard InChI is InChI=1S/C21H24BrNO2Si/c1-21(2,14-13-18-15-17(16-22)23-25-18)26(24,19-9-5-3-6-10-19)20-11-7-4-8-12-20/h3-12,15,24H,13-14,16H2,1-2H3. The molecule has 1 aromatic heterocycles. The predicted molar refractivity (Wildman–Crippen MR) is 112 cm³/mol. The van der Waals surface area contributed by atoms with E-state index in [0.717, 1.165) is 34.7 Å². The van der Waals surface area contributed by atoms with E-state index >= 15 is 0 Å². The van der Waals surface area contributed by atoms with E-state index in [9.17, 15) is 4.80 Å². The number of alkyl halides is 1. The molecule has 1 heterocycles. The minimum atomic E-state index is -2.96. The molecular weight excluding hydrogens is 406 g/mol. The van der Waals surface area contributed by atoms with Crippen LogP contribution < -0.4 is 10.4 Å². The quantitative estimate of drug-likeness (QED) is 0.455. The summed E-state index contributed by atoms with van der Waals surface area (Å²) in [5.41, 5.74) is 0.899. The number of hydrogen-bond donors (Lipinski definition) is 1. The van der Waals surface area contributed by atoms with E-state index in [-0.39, 0.29) is 5.04 Å². The van der Waals surface area contributed by atoms with Gasteiger partial charge in [0.25, 0.3) is 8.32 Å². The number of aryl methyl sites for hydroxylation is 1. The van der Waals surface area contributed by atoms with Crippen LogP contribution in [0.2, 0.25) is 5.04 Å². The molecule has 0 radical (unpaired) electrons.